The Labute approximate surface area is 94.9 Å². The minimum atomic E-state index is -3.79. The maximum absolute atomic E-state index is 11.8. The zero-order valence-corrected chi connectivity index (χ0v) is 9.82. The van der Waals surface area contributed by atoms with E-state index in [1.807, 2.05) is 0 Å². The molecule has 0 aliphatic carbocycles. The zero-order chi connectivity index (χ0) is 12.2. The molecule has 94 valence electrons. The molecule has 6 nitrogen and oxygen atoms in total. The van der Waals surface area contributed by atoms with Gasteiger partial charge in [-0.3, -0.25) is 4.79 Å². The number of carboxylic acid groups (broad SMARTS) is 1. The average Bonchev–Trinajstić information content (AvgIpc) is 2.40. The van der Waals surface area contributed by atoms with Crippen molar-refractivity contribution in [3.63, 3.8) is 0 Å². The van der Waals surface area contributed by atoms with Crippen LogP contribution in [0.25, 0.3) is 0 Å². The van der Waals surface area contributed by atoms with Crippen molar-refractivity contribution in [1.82, 2.24) is 4.31 Å². The van der Waals surface area contributed by atoms with E-state index in [-0.39, 0.29) is 6.61 Å². The Hall–Kier alpha value is -0.660. The van der Waals surface area contributed by atoms with Gasteiger partial charge in [-0.2, -0.15) is 4.31 Å². The Kier molecular flexibility index (Phi) is 4.69. The number of carboxylic acids is 1. The number of sulfonamides is 1. The molecule has 0 spiro atoms. The largest absolute Gasteiger partial charge is 0.480 e. The number of hydrogen-bond donors (Lipinski definition) is 2. The smallest absolute Gasteiger partial charge is 0.320 e. The van der Waals surface area contributed by atoms with Gasteiger partial charge >= 0.3 is 5.97 Å². The van der Waals surface area contributed by atoms with Crippen molar-refractivity contribution in [2.75, 3.05) is 18.9 Å². The SMILES string of the molecule is O=C(O)CS(=O)(=O)N1CCCCCC1CO. The van der Waals surface area contributed by atoms with E-state index in [1.165, 1.54) is 0 Å². The van der Waals surface area contributed by atoms with Gasteiger partial charge in [0.05, 0.1) is 6.61 Å². The summed E-state index contributed by atoms with van der Waals surface area (Å²) in [7, 11) is -3.79. The quantitative estimate of drug-likeness (QED) is 0.711. The lowest BCUT2D eigenvalue weighted by atomic mass is 10.1. The first-order valence-electron chi connectivity index (χ1n) is 5.29. The Morgan fingerprint density at radius 2 is 2.00 bits per heavy atom. The van der Waals surface area contributed by atoms with E-state index < -0.39 is 27.8 Å². The van der Waals surface area contributed by atoms with Gasteiger partial charge in [0, 0.05) is 12.6 Å². The molecule has 0 aromatic carbocycles. The molecule has 2 N–H and O–H groups in total. The lowest BCUT2D eigenvalue weighted by Crippen LogP contribution is -2.44. The Morgan fingerprint density at radius 3 is 2.56 bits per heavy atom. The van der Waals surface area contributed by atoms with Crippen molar-refractivity contribution in [1.29, 1.82) is 0 Å². The molecular weight excluding hydrogens is 234 g/mol. The molecule has 1 aliphatic heterocycles. The summed E-state index contributed by atoms with van der Waals surface area (Å²) in [6, 6.07) is -0.466. The van der Waals surface area contributed by atoms with Crippen molar-refractivity contribution in [3.05, 3.63) is 0 Å². The second-order valence-corrected chi connectivity index (χ2v) is 5.87. The minimum Gasteiger partial charge on any atom is -0.480 e. The number of hydrogen-bond acceptors (Lipinski definition) is 4. The monoisotopic (exact) mass is 251 g/mol. The van der Waals surface area contributed by atoms with Gasteiger partial charge in [-0.05, 0) is 12.8 Å². The van der Waals surface area contributed by atoms with Gasteiger partial charge in [-0.15, -0.1) is 0 Å². The number of nitrogens with zero attached hydrogens (tertiary/aromatic N) is 1. The summed E-state index contributed by atoms with van der Waals surface area (Å²) >= 11 is 0. The molecule has 7 heteroatoms. The summed E-state index contributed by atoms with van der Waals surface area (Å²) in [5, 5.41) is 17.7. The Morgan fingerprint density at radius 1 is 1.31 bits per heavy atom. The Balaban J connectivity index is 2.84. The van der Waals surface area contributed by atoms with Crippen molar-refractivity contribution in [2.24, 2.45) is 0 Å². The molecule has 0 radical (unpaired) electrons. The minimum absolute atomic E-state index is 0.251. The molecule has 0 saturated carbocycles. The first kappa shape index (κ1) is 13.4. The van der Waals surface area contributed by atoms with Crippen molar-refractivity contribution < 1.29 is 23.4 Å². The predicted octanol–water partition coefficient (Wildman–Crippen LogP) is -0.362. The molecule has 1 fully saturated rings. The third-order valence-electron chi connectivity index (χ3n) is 2.70. The van der Waals surface area contributed by atoms with E-state index >= 15 is 0 Å². The van der Waals surface area contributed by atoms with E-state index in [2.05, 4.69) is 0 Å². The summed E-state index contributed by atoms with van der Waals surface area (Å²) in [5.41, 5.74) is 0. The second kappa shape index (κ2) is 5.60. The standard InChI is InChI=1S/C9H17NO5S/c11-6-8-4-2-1-3-5-10(8)16(14,15)7-9(12)13/h8,11H,1-7H2,(H,12,13). The van der Waals surface area contributed by atoms with E-state index in [1.54, 1.807) is 0 Å². The highest BCUT2D eigenvalue weighted by molar-refractivity contribution is 7.89. The summed E-state index contributed by atoms with van der Waals surface area (Å²) < 4.78 is 24.7. The van der Waals surface area contributed by atoms with Crippen LogP contribution in [0.15, 0.2) is 0 Å². The maximum atomic E-state index is 11.8. The van der Waals surface area contributed by atoms with Gasteiger partial charge in [0.25, 0.3) is 0 Å². The Bertz CT molecular complexity index is 340. The number of rotatable bonds is 4. The van der Waals surface area contributed by atoms with Crippen molar-refractivity contribution in [2.45, 2.75) is 31.7 Å². The first-order chi connectivity index (χ1) is 7.47. The van der Waals surface area contributed by atoms with Crippen LogP contribution in [0, 0.1) is 0 Å². The topological polar surface area (TPSA) is 94.9 Å². The van der Waals surface area contributed by atoms with Crippen LogP contribution in [0.1, 0.15) is 25.7 Å². The van der Waals surface area contributed by atoms with Crippen LogP contribution in [0.3, 0.4) is 0 Å². The lowest BCUT2D eigenvalue weighted by Gasteiger charge is -2.26. The summed E-state index contributed by atoms with van der Waals surface area (Å²) in [6.45, 7) is 0.0552. The highest BCUT2D eigenvalue weighted by Gasteiger charge is 2.32. The van der Waals surface area contributed by atoms with Gasteiger partial charge in [0.1, 0.15) is 0 Å². The molecule has 0 amide bonds. The molecule has 1 aliphatic rings. The van der Waals surface area contributed by atoms with Gasteiger partial charge in [0.15, 0.2) is 5.75 Å². The molecule has 0 aromatic rings. The second-order valence-electron chi connectivity index (χ2n) is 3.95. The van der Waals surface area contributed by atoms with E-state index in [9.17, 15) is 13.2 Å². The molecule has 1 rings (SSSR count). The van der Waals surface area contributed by atoms with Crippen LogP contribution in [0.4, 0.5) is 0 Å². The van der Waals surface area contributed by atoms with Gasteiger partial charge in [-0.25, -0.2) is 8.42 Å². The van der Waals surface area contributed by atoms with Crippen LogP contribution >= 0.6 is 0 Å². The van der Waals surface area contributed by atoms with E-state index in [0.717, 1.165) is 23.6 Å². The van der Waals surface area contributed by atoms with E-state index in [4.69, 9.17) is 10.2 Å². The fourth-order valence-corrected chi connectivity index (χ4v) is 3.45. The number of carbonyl (C=O) groups is 1. The molecular formula is C9H17NO5S. The predicted molar refractivity (Wildman–Crippen MR) is 57.5 cm³/mol. The average molecular weight is 251 g/mol. The molecule has 0 bridgehead atoms. The zero-order valence-electron chi connectivity index (χ0n) is 9.00. The molecule has 1 saturated heterocycles. The summed E-state index contributed by atoms with van der Waals surface area (Å²) in [4.78, 5) is 10.5. The number of aliphatic carboxylic acids is 1. The molecule has 16 heavy (non-hydrogen) atoms. The molecule has 1 unspecified atom stereocenters. The molecule has 1 atom stereocenters. The third-order valence-corrected chi connectivity index (χ3v) is 4.50. The summed E-state index contributed by atoms with van der Waals surface area (Å²) in [5.74, 6) is -2.26. The molecule has 1 heterocycles. The fraction of sp³-hybridized carbons (Fsp3) is 0.889. The van der Waals surface area contributed by atoms with Crippen LogP contribution in [-0.4, -0.2) is 53.9 Å². The van der Waals surface area contributed by atoms with Crippen LogP contribution in [-0.2, 0) is 14.8 Å². The number of aliphatic hydroxyl groups excluding tert-OH is 1. The number of aliphatic hydroxyl groups is 1. The van der Waals surface area contributed by atoms with Crippen LogP contribution < -0.4 is 0 Å². The summed E-state index contributed by atoms with van der Waals surface area (Å²) in [6.07, 6.45) is 3.09. The van der Waals surface area contributed by atoms with Gasteiger partial charge in [0.2, 0.25) is 10.0 Å². The molecule has 0 aromatic heterocycles. The maximum Gasteiger partial charge on any atom is 0.320 e. The van der Waals surface area contributed by atoms with E-state index in [0.29, 0.717) is 13.0 Å². The van der Waals surface area contributed by atoms with Crippen LogP contribution in [0.5, 0.6) is 0 Å². The highest BCUT2D eigenvalue weighted by Crippen LogP contribution is 2.19. The third kappa shape index (κ3) is 3.43. The highest BCUT2D eigenvalue weighted by atomic mass is 32.2. The van der Waals surface area contributed by atoms with Crippen LogP contribution in [0.2, 0.25) is 0 Å². The van der Waals surface area contributed by atoms with Crippen molar-refractivity contribution in [3.8, 4) is 0 Å². The van der Waals surface area contributed by atoms with Gasteiger partial charge in [-0.1, -0.05) is 12.8 Å². The normalized spacial score (nSPS) is 23.9. The lowest BCUT2D eigenvalue weighted by molar-refractivity contribution is -0.134. The van der Waals surface area contributed by atoms with Crippen molar-refractivity contribution >= 4 is 16.0 Å². The first-order valence-corrected chi connectivity index (χ1v) is 6.90. The van der Waals surface area contributed by atoms with Gasteiger partial charge < -0.3 is 10.2 Å². The fourth-order valence-electron chi connectivity index (χ4n) is 1.94.